The van der Waals surface area contributed by atoms with Gasteiger partial charge in [0.25, 0.3) is 0 Å². The lowest BCUT2D eigenvalue weighted by atomic mass is 9.83. The minimum absolute atomic E-state index is 0.000323. The number of hydrogen-bond donors (Lipinski definition) is 1. The summed E-state index contributed by atoms with van der Waals surface area (Å²) in [7, 11) is -4.09. The van der Waals surface area contributed by atoms with Crippen LogP contribution in [0, 0.1) is 17.8 Å². The Labute approximate surface area is 154 Å². The summed E-state index contributed by atoms with van der Waals surface area (Å²) in [5.74, 6) is 4.15. The van der Waals surface area contributed by atoms with E-state index in [9.17, 15) is 18.3 Å². The zero-order valence-electron chi connectivity index (χ0n) is 15.0. The Morgan fingerprint density at radius 1 is 1.31 bits per heavy atom. The predicted molar refractivity (Wildman–Crippen MR) is 96.8 cm³/mol. The van der Waals surface area contributed by atoms with E-state index in [1.165, 1.54) is 24.3 Å². The van der Waals surface area contributed by atoms with Crippen LogP contribution in [0.4, 0.5) is 0 Å². The van der Waals surface area contributed by atoms with E-state index in [2.05, 4.69) is 11.8 Å². The van der Waals surface area contributed by atoms with E-state index in [0.717, 1.165) is 0 Å². The molecule has 7 heteroatoms. The van der Waals surface area contributed by atoms with Crippen LogP contribution in [0.25, 0.3) is 0 Å². The van der Waals surface area contributed by atoms with Crippen molar-refractivity contribution in [3.05, 3.63) is 24.3 Å². The highest BCUT2D eigenvalue weighted by Crippen LogP contribution is 2.41. The van der Waals surface area contributed by atoms with Crippen molar-refractivity contribution in [1.82, 2.24) is 0 Å². The quantitative estimate of drug-likeness (QED) is 0.731. The average Bonchev–Trinajstić information content (AvgIpc) is 2.64. The van der Waals surface area contributed by atoms with Crippen LogP contribution in [-0.4, -0.2) is 44.1 Å². The lowest BCUT2D eigenvalue weighted by Gasteiger charge is -2.37. The molecule has 1 N–H and O–H groups in total. The van der Waals surface area contributed by atoms with Crippen molar-refractivity contribution >= 4 is 15.8 Å². The summed E-state index contributed by atoms with van der Waals surface area (Å²) in [6, 6.07) is 5.85. The maximum absolute atomic E-state index is 13.3. The summed E-state index contributed by atoms with van der Waals surface area (Å²) in [5, 5.41) is 9.91. The van der Waals surface area contributed by atoms with Crippen molar-refractivity contribution in [1.29, 1.82) is 0 Å². The first-order chi connectivity index (χ1) is 12.4. The molecule has 0 amide bonds. The highest BCUT2D eigenvalue weighted by atomic mass is 32.2. The normalized spacial score (nSPS) is 17.6. The summed E-state index contributed by atoms with van der Waals surface area (Å²) >= 11 is 0. The Morgan fingerprint density at radius 3 is 2.42 bits per heavy atom. The van der Waals surface area contributed by atoms with Gasteiger partial charge in [-0.3, -0.25) is 4.79 Å². The Balaban J connectivity index is 2.39. The second-order valence-electron chi connectivity index (χ2n) is 6.13. The Morgan fingerprint density at radius 2 is 1.92 bits per heavy atom. The zero-order chi connectivity index (χ0) is 19.2. The Bertz CT molecular complexity index is 782. The van der Waals surface area contributed by atoms with Gasteiger partial charge in [-0.25, -0.2) is 8.42 Å². The van der Waals surface area contributed by atoms with Crippen molar-refractivity contribution in [3.8, 4) is 17.6 Å². The molecular formula is C19H24O6S. The molecule has 1 saturated heterocycles. The summed E-state index contributed by atoms with van der Waals surface area (Å²) in [4.78, 5) is 12.1. The molecule has 1 fully saturated rings. The molecule has 0 spiro atoms. The standard InChI is InChI=1S/C19H24O6S/c1-3-5-12-25-16-6-8-17(9-7-16)26(22,23)19(4-2,18(20)21)15-10-13-24-14-11-15/h6-9,15H,4,10-14H2,1-2H3,(H,20,21). The van der Waals surface area contributed by atoms with Gasteiger partial charge in [0.05, 0.1) is 4.90 Å². The van der Waals surface area contributed by atoms with Crippen LogP contribution in [0.3, 0.4) is 0 Å². The zero-order valence-corrected chi connectivity index (χ0v) is 15.8. The maximum Gasteiger partial charge on any atom is 0.325 e. The van der Waals surface area contributed by atoms with Gasteiger partial charge in [-0.1, -0.05) is 12.8 Å². The van der Waals surface area contributed by atoms with Gasteiger partial charge in [-0.05, 0) is 56.4 Å². The number of carboxylic acid groups (broad SMARTS) is 1. The molecule has 1 aliphatic rings. The van der Waals surface area contributed by atoms with E-state index in [-0.39, 0.29) is 17.9 Å². The van der Waals surface area contributed by atoms with E-state index in [1.54, 1.807) is 13.8 Å². The fourth-order valence-electron chi connectivity index (χ4n) is 3.42. The average molecular weight is 380 g/mol. The first-order valence-corrected chi connectivity index (χ1v) is 10.1. The van der Waals surface area contributed by atoms with Gasteiger partial charge < -0.3 is 14.6 Å². The molecule has 0 aromatic heterocycles. The number of aliphatic carboxylic acids is 1. The molecule has 0 aliphatic carbocycles. The van der Waals surface area contributed by atoms with Crippen molar-refractivity contribution in [2.75, 3.05) is 19.8 Å². The second-order valence-corrected chi connectivity index (χ2v) is 8.33. The van der Waals surface area contributed by atoms with Crippen molar-refractivity contribution < 1.29 is 27.8 Å². The fraction of sp³-hybridized carbons (Fsp3) is 0.526. The van der Waals surface area contributed by atoms with E-state index in [1.807, 2.05) is 0 Å². The van der Waals surface area contributed by atoms with Gasteiger partial charge in [0.1, 0.15) is 12.4 Å². The third-order valence-electron chi connectivity index (χ3n) is 4.87. The van der Waals surface area contributed by atoms with Gasteiger partial charge in [0, 0.05) is 13.2 Å². The number of carbonyl (C=O) groups is 1. The number of rotatable bonds is 7. The molecule has 1 heterocycles. The van der Waals surface area contributed by atoms with Crippen LogP contribution in [0.2, 0.25) is 0 Å². The van der Waals surface area contributed by atoms with Crippen LogP contribution >= 0.6 is 0 Å². The molecule has 26 heavy (non-hydrogen) atoms. The minimum atomic E-state index is -4.09. The highest BCUT2D eigenvalue weighted by molar-refractivity contribution is 7.93. The minimum Gasteiger partial charge on any atom is -0.481 e. The van der Waals surface area contributed by atoms with Crippen molar-refractivity contribution in [2.24, 2.45) is 5.92 Å². The summed E-state index contributed by atoms with van der Waals surface area (Å²) in [5.41, 5.74) is 0. The van der Waals surface area contributed by atoms with Gasteiger partial charge in [0.2, 0.25) is 0 Å². The molecule has 0 radical (unpaired) electrons. The van der Waals surface area contributed by atoms with Crippen LogP contribution in [-0.2, 0) is 19.4 Å². The first-order valence-electron chi connectivity index (χ1n) is 8.58. The smallest absolute Gasteiger partial charge is 0.325 e. The van der Waals surface area contributed by atoms with Crippen LogP contribution in [0.1, 0.15) is 33.1 Å². The number of ether oxygens (including phenoxy) is 2. The molecule has 0 saturated carbocycles. The first kappa shape index (κ1) is 20.3. The number of hydrogen-bond acceptors (Lipinski definition) is 5. The molecule has 0 bridgehead atoms. The molecule has 1 aromatic carbocycles. The largest absolute Gasteiger partial charge is 0.481 e. The maximum atomic E-state index is 13.3. The summed E-state index contributed by atoms with van der Waals surface area (Å²) < 4.78 is 35.4. The third kappa shape index (κ3) is 3.71. The SMILES string of the molecule is CC#CCOc1ccc(S(=O)(=O)C(CC)(C(=O)O)C2CCOCC2)cc1. The summed E-state index contributed by atoms with van der Waals surface area (Å²) in [6.07, 6.45) is 0.826. The van der Waals surface area contributed by atoms with Gasteiger partial charge in [-0.15, -0.1) is 5.92 Å². The predicted octanol–water partition coefficient (Wildman–Crippen LogP) is 2.52. The number of benzene rings is 1. The van der Waals surface area contributed by atoms with E-state index < -0.39 is 26.5 Å². The van der Waals surface area contributed by atoms with Gasteiger partial charge >= 0.3 is 5.97 Å². The highest BCUT2D eigenvalue weighted by Gasteiger charge is 2.55. The Kier molecular flexibility index (Phi) is 6.68. The molecule has 142 valence electrons. The lowest BCUT2D eigenvalue weighted by Crippen LogP contribution is -2.53. The summed E-state index contributed by atoms with van der Waals surface area (Å²) in [6.45, 7) is 4.27. The van der Waals surface area contributed by atoms with Crippen LogP contribution < -0.4 is 4.74 Å². The molecule has 2 rings (SSSR count). The molecule has 1 atom stereocenters. The molecule has 6 nitrogen and oxygen atoms in total. The fourth-order valence-corrected chi connectivity index (χ4v) is 5.62. The third-order valence-corrected chi connectivity index (χ3v) is 7.52. The van der Waals surface area contributed by atoms with Crippen molar-refractivity contribution in [2.45, 2.75) is 42.8 Å². The molecule has 1 unspecified atom stereocenters. The lowest BCUT2D eigenvalue weighted by molar-refractivity contribution is -0.143. The van der Waals surface area contributed by atoms with E-state index >= 15 is 0 Å². The second kappa shape index (κ2) is 8.56. The monoisotopic (exact) mass is 380 g/mol. The van der Waals surface area contributed by atoms with E-state index in [4.69, 9.17) is 9.47 Å². The molecular weight excluding hydrogens is 356 g/mol. The topological polar surface area (TPSA) is 89.9 Å². The van der Waals surface area contributed by atoms with E-state index in [0.29, 0.717) is 31.8 Å². The molecule has 1 aromatic rings. The van der Waals surface area contributed by atoms with Crippen LogP contribution in [0.15, 0.2) is 29.2 Å². The van der Waals surface area contributed by atoms with Gasteiger partial charge in [-0.2, -0.15) is 0 Å². The van der Waals surface area contributed by atoms with Crippen LogP contribution in [0.5, 0.6) is 5.75 Å². The number of carboxylic acids is 1. The molecule has 1 aliphatic heterocycles. The Hall–Kier alpha value is -2.04. The van der Waals surface area contributed by atoms with Crippen molar-refractivity contribution in [3.63, 3.8) is 0 Å². The number of sulfone groups is 1. The van der Waals surface area contributed by atoms with Gasteiger partial charge in [0.15, 0.2) is 14.6 Å².